The summed E-state index contributed by atoms with van der Waals surface area (Å²) in [6, 6.07) is 24.3. The van der Waals surface area contributed by atoms with Gasteiger partial charge in [-0.25, -0.2) is 0 Å². The molecule has 0 aliphatic heterocycles. The minimum Gasteiger partial charge on any atom is -0.481 e. The van der Waals surface area contributed by atoms with Gasteiger partial charge >= 0.3 is 5.97 Å². The summed E-state index contributed by atoms with van der Waals surface area (Å²) in [7, 11) is 0. The minimum atomic E-state index is -0.877. The molecular weight excluding hydrogens is 358 g/mol. The summed E-state index contributed by atoms with van der Waals surface area (Å²) in [5.74, 6) is -0.150. The molecule has 0 aliphatic carbocycles. The van der Waals surface area contributed by atoms with Crippen molar-refractivity contribution in [2.75, 3.05) is 5.75 Å². The highest BCUT2D eigenvalue weighted by molar-refractivity contribution is 7.99. The number of para-hydroxylation sites is 1. The second kappa shape index (κ2) is 7.63. The Kier molecular flexibility index (Phi) is 4.89. The summed E-state index contributed by atoms with van der Waals surface area (Å²) >= 11 is 1.17. The van der Waals surface area contributed by atoms with Crippen molar-refractivity contribution in [3.8, 4) is 5.69 Å². The van der Waals surface area contributed by atoms with Gasteiger partial charge in [0, 0.05) is 12.1 Å². The third-order valence-electron chi connectivity index (χ3n) is 4.27. The molecule has 5 nitrogen and oxygen atoms in total. The first-order valence-corrected chi connectivity index (χ1v) is 9.52. The number of aromatic nitrogens is 3. The molecular formula is C21H17N3O2S. The van der Waals surface area contributed by atoms with Gasteiger partial charge in [-0.15, -0.1) is 10.2 Å². The number of hydrogen-bond acceptors (Lipinski definition) is 4. The lowest BCUT2D eigenvalue weighted by Gasteiger charge is -2.11. The van der Waals surface area contributed by atoms with Crippen LogP contribution in [0.4, 0.5) is 0 Å². The van der Waals surface area contributed by atoms with Crippen LogP contribution in [0.15, 0.2) is 78.0 Å². The monoisotopic (exact) mass is 375 g/mol. The molecule has 0 atom stereocenters. The predicted molar refractivity (Wildman–Crippen MR) is 106 cm³/mol. The Morgan fingerprint density at radius 3 is 2.48 bits per heavy atom. The van der Waals surface area contributed by atoms with E-state index in [-0.39, 0.29) is 5.75 Å². The number of carboxylic acid groups (broad SMARTS) is 1. The molecule has 0 unspecified atom stereocenters. The molecule has 0 bridgehead atoms. The molecule has 1 aromatic heterocycles. The lowest BCUT2D eigenvalue weighted by atomic mass is 10.0. The van der Waals surface area contributed by atoms with Crippen molar-refractivity contribution in [2.24, 2.45) is 0 Å². The molecule has 4 aromatic rings. The van der Waals surface area contributed by atoms with Crippen molar-refractivity contribution in [1.29, 1.82) is 0 Å². The van der Waals surface area contributed by atoms with E-state index in [0.29, 0.717) is 11.6 Å². The lowest BCUT2D eigenvalue weighted by Crippen LogP contribution is -2.05. The van der Waals surface area contributed by atoms with E-state index in [1.165, 1.54) is 22.5 Å². The zero-order valence-corrected chi connectivity index (χ0v) is 15.3. The van der Waals surface area contributed by atoms with Crippen LogP contribution in [-0.2, 0) is 11.2 Å². The van der Waals surface area contributed by atoms with Gasteiger partial charge in [0.05, 0.1) is 5.75 Å². The van der Waals surface area contributed by atoms with Gasteiger partial charge < -0.3 is 5.11 Å². The van der Waals surface area contributed by atoms with E-state index < -0.39 is 5.97 Å². The maximum atomic E-state index is 11.0. The number of carbonyl (C=O) groups is 1. The molecule has 6 heteroatoms. The van der Waals surface area contributed by atoms with Gasteiger partial charge in [-0.05, 0) is 28.5 Å². The normalized spacial score (nSPS) is 11.0. The molecule has 27 heavy (non-hydrogen) atoms. The summed E-state index contributed by atoms with van der Waals surface area (Å²) in [4.78, 5) is 11.0. The van der Waals surface area contributed by atoms with Crippen molar-refractivity contribution in [3.05, 3.63) is 84.2 Å². The van der Waals surface area contributed by atoms with Crippen LogP contribution in [0.3, 0.4) is 0 Å². The van der Waals surface area contributed by atoms with Crippen LogP contribution in [0.2, 0.25) is 0 Å². The number of fused-ring (bicyclic) bond motifs is 1. The van der Waals surface area contributed by atoms with E-state index in [2.05, 4.69) is 34.5 Å². The van der Waals surface area contributed by atoms with E-state index in [1.54, 1.807) is 0 Å². The van der Waals surface area contributed by atoms with Crippen LogP contribution >= 0.6 is 11.8 Å². The van der Waals surface area contributed by atoms with Crippen LogP contribution in [-0.4, -0.2) is 31.6 Å². The van der Waals surface area contributed by atoms with Crippen LogP contribution in [0.5, 0.6) is 0 Å². The molecule has 134 valence electrons. The van der Waals surface area contributed by atoms with E-state index in [1.807, 2.05) is 53.1 Å². The molecule has 0 radical (unpaired) electrons. The first-order chi connectivity index (χ1) is 13.2. The maximum absolute atomic E-state index is 11.0. The van der Waals surface area contributed by atoms with Crippen molar-refractivity contribution in [2.45, 2.75) is 11.6 Å². The third-order valence-corrected chi connectivity index (χ3v) is 5.18. The molecule has 3 aromatic carbocycles. The second-order valence-corrected chi connectivity index (χ2v) is 7.01. The van der Waals surface area contributed by atoms with Gasteiger partial charge in [0.15, 0.2) is 5.16 Å². The first-order valence-electron chi connectivity index (χ1n) is 8.53. The SMILES string of the molecule is O=C(O)CSc1nnc(Cc2cccc3ccccc23)n1-c1ccccc1. The highest BCUT2D eigenvalue weighted by Crippen LogP contribution is 2.26. The molecule has 1 heterocycles. The quantitative estimate of drug-likeness (QED) is 0.512. The molecule has 0 saturated carbocycles. The summed E-state index contributed by atoms with van der Waals surface area (Å²) in [5.41, 5.74) is 2.08. The van der Waals surface area contributed by atoms with E-state index in [9.17, 15) is 4.79 Å². The highest BCUT2D eigenvalue weighted by atomic mass is 32.2. The Morgan fingerprint density at radius 1 is 0.926 bits per heavy atom. The van der Waals surface area contributed by atoms with Gasteiger partial charge in [0.25, 0.3) is 0 Å². The number of aliphatic carboxylic acids is 1. The van der Waals surface area contributed by atoms with Gasteiger partial charge in [-0.2, -0.15) is 0 Å². The molecule has 0 aliphatic rings. The summed E-state index contributed by atoms with van der Waals surface area (Å²) in [6.45, 7) is 0. The fourth-order valence-electron chi connectivity index (χ4n) is 3.09. The summed E-state index contributed by atoms with van der Waals surface area (Å²) in [5, 5.41) is 20.6. The fourth-order valence-corrected chi connectivity index (χ4v) is 3.78. The Morgan fingerprint density at radius 2 is 1.67 bits per heavy atom. The molecule has 0 amide bonds. The average Bonchev–Trinajstić information content (AvgIpc) is 3.10. The number of nitrogens with zero attached hydrogens (tertiary/aromatic N) is 3. The molecule has 4 rings (SSSR count). The predicted octanol–water partition coefficient (Wildman–Crippen LogP) is 4.19. The summed E-state index contributed by atoms with van der Waals surface area (Å²) in [6.07, 6.45) is 0.608. The van der Waals surface area contributed by atoms with E-state index in [0.717, 1.165) is 17.1 Å². The molecule has 0 saturated heterocycles. The number of rotatable bonds is 6. The van der Waals surface area contributed by atoms with Gasteiger partial charge in [0.1, 0.15) is 5.82 Å². The lowest BCUT2D eigenvalue weighted by molar-refractivity contribution is -0.133. The summed E-state index contributed by atoms with van der Waals surface area (Å²) < 4.78 is 1.94. The maximum Gasteiger partial charge on any atom is 0.313 e. The minimum absolute atomic E-state index is 0.0563. The van der Waals surface area contributed by atoms with Gasteiger partial charge in [-0.1, -0.05) is 72.4 Å². The Hall–Kier alpha value is -3.12. The Bertz CT molecular complexity index is 1090. The Balaban J connectivity index is 1.77. The zero-order chi connectivity index (χ0) is 18.6. The molecule has 1 N–H and O–H groups in total. The van der Waals surface area contributed by atoms with E-state index in [4.69, 9.17) is 5.11 Å². The highest BCUT2D eigenvalue weighted by Gasteiger charge is 2.16. The van der Waals surface area contributed by atoms with Crippen molar-refractivity contribution in [3.63, 3.8) is 0 Å². The van der Waals surface area contributed by atoms with Crippen LogP contribution in [0.1, 0.15) is 11.4 Å². The standard InChI is InChI=1S/C21H17N3O2S/c25-20(26)14-27-21-23-22-19(24(21)17-10-2-1-3-11-17)13-16-9-6-8-15-7-4-5-12-18(15)16/h1-12H,13-14H2,(H,25,26). The number of benzene rings is 3. The average molecular weight is 375 g/mol. The largest absolute Gasteiger partial charge is 0.481 e. The topological polar surface area (TPSA) is 68.0 Å². The smallest absolute Gasteiger partial charge is 0.313 e. The van der Waals surface area contributed by atoms with Crippen molar-refractivity contribution in [1.82, 2.24) is 14.8 Å². The van der Waals surface area contributed by atoms with Crippen LogP contribution < -0.4 is 0 Å². The van der Waals surface area contributed by atoms with Gasteiger partial charge in [0.2, 0.25) is 0 Å². The zero-order valence-electron chi connectivity index (χ0n) is 14.4. The first kappa shape index (κ1) is 17.3. The number of hydrogen-bond donors (Lipinski definition) is 1. The van der Waals surface area contributed by atoms with Gasteiger partial charge in [-0.3, -0.25) is 9.36 Å². The number of thioether (sulfide) groups is 1. The molecule has 0 fully saturated rings. The van der Waals surface area contributed by atoms with Crippen molar-refractivity contribution < 1.29 is 9.90 Å². The Labute approximate surface area is 160 Å². The van der Waals surface area contributed by atoms with Crippen LogP contribution in [0.25, 0.3) is 16.5 Å². The second-order valence-electron chi connectivity index (χ2n) is 6.07. The third kappa shape index (κ3) is 3.71. The van der Waals surface area contributed by atoms with Crippen LogP contribution in [0, 0.1) is 0 Å². The fraction of sp³-hybridized carbons (Fsp3) is 0.0952. The molecule has 0 spiro atoms. The van der Waals surface area contributed by atoms with E-state index >= 15 is 0 Å². The van der Waals surface area contributed by atoms with Crippen molar-refractivity contribution >= 4 is 28.5 Å². The number of carboxylic acids is 1.